The lowest BCUT2D eigenvalue weighted by Crippen LogP contribution is -2.49. The highest BCUT2D eigenvalue weighted by Gasteiger charge is 2.33. The summed E-state index contributed by atoms with van der Waals surface area (Å²) in [7, 11) is 2.73. The van der Waals surface area contributed by atoms with Crippen molar-refractivity contribution in [2.24, 2.45) is 0 Å². The van der Waals surface area contributed by atoms with Crippen molar-refractivity contribution in [1.82, 2.24) is 10.3 Å². The first-order chi connectivity index (χ1) is 13.3. The highest BCUT2D eigenvalue weighted by atomic mass is 16.5. The van der Waals surface area contributed by atoms with Crippen molar-refractivity contribution in [1.29, 1.82) is 0 Å². The molecule has 0 aliphatic heterocycles. The number of rotatable bonds is 11. The van der Waals surface area contributed by atoms with Gasteiger partial charge in [-0.3, -0.25) is 14.6 Å². The van der Waals surface area contributed by atoms with E-state index in [-0.39, 0.29) is 12.8 Å². The molecular formula is C18H24N4O6. The topological polar surface area (TPSA) is 140 Å². The summed E-state index contributed by atoms with van der Waals surface area (Å²) in [4.78, 5) is 44.2. The Morgan fingerprint density at radius 1 is 1.32 bits per heavy atom. The van der Waals surface area contributed by atoms with Crippen LogP contribution in [-0.4, -0.2) is 60.0 Å². The number of carbonyl (C=O) groups excluding carboxylic acids is 3. The molecule has 10 heteroatoms. The summed E-state index contributed by atoms with van der Waals surface area (Å²) in [6.45, 7) is 3.25. The van der Waals surface area contributed by atoms with Gasteiger partial charge in [0.25, 0.3) is 12.1 Å². The van der Waals surface area contributed by atoms with Gasteiger partial charge in [0.05, 0.1) is 19.4 Å². The number of carbonyl (C=O) groups is 3. The second-order valence-electron chi connectivity index (χ2n) is 5.96. The molecule has 2 atom stereocenters. The molecule has 0 aliphatic rings. The molecule has 0 fully saturated rings. The molecule has 1 amide bonds. The van der Waals surface area contributed by atoms with Gasteiger partial charge in [0.2, 0.25) is 0 Å². The Morgan fingerprint density at radius 2 is 2.04 bits per heavy atom. The Balaban J connectivity index is 3.06. The average Bonchev–Trinajstić information content (AvgIpc) is 2.66. The van der Waals surface area contributed by atoms with Crippen LogP contribution in [0.15, 0.2) is 18.5 Å². The molecule has 1 rings (SSSR count). The number of nitrogens with one attached hydrogen (secondary N) is 1. The predicted octanol–water partition coefficient (Wildman–Crippen LogP) is 0.864. The van der Waals surface area contributed by atoms with Gasteiger partial charge in [0, 0.05) is 31.7 Å². The molecule has 10 nitrogen and oxygen atoms in total. The van der Waals surface area contributed by atoms with E-state index in [2.05, 4.69) is 15.1 Å². The van der Waals surface area contributed by atoms with Gasteiger partial charge in [-0.25, -0.2) is 4.79 Å². The Labute approximate surface area is 162 Å². The third-order valence-corrected chi connectivity index (χ3v) is 3.59. The summed E-state index contributed by atoms with van der Waals surface area (Å²) in [6, 6.07) is 0.0144. The van der Waals surface area contributed by atoms with Gasteiger partial charge in [0.1, 0.15) is 5.75 Å². The van der Waals surface area contributed by atoms with Crippen molar-refractivity contribution in [3.05, 3.63) is 29.6 Å². The Kier molecular flexibility index (Phi) is 9.49. The number of esters is 1. The molecule has 1 N–H and O–H groups in total. The lowest BCUT2D eigenvalue weighted by atomic mass is 10.1. The van der Waals surface area contributed by atoms with Gasteiger partial charge in [-0.05, 0) is 19.9 Å². The molecule has 1 aromatic rings. The van der Waals surface area contributed by atoms with E-state index in [1.165, 1.54) is 32.7 Å². The van der Waals surface area contributed by atoms with Crippen molar-refractivity contribution in [2.75, 3.05) is 14.2 Å². The second-order valence-corrected chi connectivity index (χ2v) is 5.96. The van der Waals surface area contributed by atoms with Crippen molar-refractivity contribution >= 4 is 23.9 Å². The van der Waals surface area contributed by atoms with Crippen LogP contribution in [0.1, 0.15) is 38.4 Å². The minimum absolute atomic E-state index is 0.0997. The fourth-order valence-electron chi connectivity index (χ4n) is 2.35. The van der Waals surface area contributed by atoms with Gasteiger partial charge in [0.15, 0.2) is 17.9 Å². The number of methoxy groups -OCH3 is 2. The van der Waals surface area contributed by atoms with Crippen molar-refractivity contribution in [2.45, 2.75) is 44.9 Å². The second kappa shape index (κ2) is 11.6. The minimum atomic E-state index is -1.52. The summed E-state index contributed by atoms with van der Waals surface area (Å²) >= 11 is 0. The standard InChI is InChI=1S/C18H24N4O6/c1-11(2)28-18(25)15(13(23)6-5-8-21-19)22-17(24)16(27-4)12-7-9-20-10-14(12)26-3/h7-11,15-16H,5-6H2,1-4H3,(H,22,24)/t15-,16-/m0/s1. The van der Waals surface area contributed by atoms with E-state index in [4.69, 9.17) is 19.7 Å². The van der Waals surface area contributed by atoms with Crippen LogP contribution in [-0.2, 0) is 23.9 Å². The number of nitrogens with zero attached hydrogens (tertiary/aromatic N) is 3. The quantitative estimate of drug-likeness (QED) is 0.194. The molecule has 1 heterocycles. The third kappa shape index (κ3) is 6.57. The summed E-state index contributed by atoms with van der Waals surface area (Å²) in [5.41, 5.74) is 8.82. The zero-order valence-electron chi connectivity index (χ0n) is 16.2. The smallest absolute Gasteiger partial charge is 0.336 e. The number of hydrogen-bond donors (Lipinski definition) is 1. The van der Waals surface area contributed by atoms with Crippen LogP contribution in [0.25, 0.3) is 5.53 Å². The Hall–Kier alpha value is -3.10. The minimum Gasteiger partial charge on any atom is -0.495 e. The van der Waals surface area contributed by atoms with Gasteiger partial charge < -0.3 is 25.1 Å². The van der Waals surface area contributed by atoms with Crippen molar-refractivity contribution in [3.8, 4) is 5.75 Å². The highest BCUT2D eigenvalue weighted by molar-refractivity contribution is 6.06. The summed E-state index contributed by atoms with van der Waals surface area (Å²) in [6.07, 6.45) is 2.35. The summed E-state index contributed by atoms with van der Waals surface area (Å²) in [5, 5.41) is 2.38. The van der Waals surface area contributed by atoms with E-state index in [1.54, 1.807) is 13.8 Å². The normalized spacial score (nSPS) is 12.5. The van der Waals surface area contributed by atoms with Crippen LogP contribution in [0.2, 0.25) is 0 Å². The molecule has 0 bridgehead atoms. The van der Waals surface area contributed by atoms with Gasteiger partial charge in [-0.15, -0.1) is 0 Å². The van der Waals surface area contributed by atoms with E-state index in [0.717, 1.165) is 6.21 Å². The average molecular weight is 392 g/mol. The number of Topliss-reactive ketones (excluding diaryl/α,β-unsaturated/α-hetero) is 1. The predicted molar refractivity (Wildman–Crippen MR) is 97.6 cm³/mol. The molecule has 0 radical (unpaired) electrons. The Morgan fingerprint density at radius 3 is 2.61 bits per heavy atom. The van der Waals surface area contributed by atoms with Crippen LogP contribution in [0.5, 0.6) is 5.75 Å². The molecule has 0 aliphatic carbocycles. The molecule has 0 saturated carbocycles. The number of aromatic nitrogens is 1. The van der Waals surface area contributed by atoms with E-state index in [1.807, 2.05) is 0 Å². The van der Waals surface area contributed by atoms with Gasteiger partial charge in [-0.1, -0.05) is 0 Å². The molecule has 152 valence electrons. The number of ether oxygens (including phenoxy) is 3. The third-order valence-electron chi connectivity index (χ3n) is 3.59. The fourth-order valence-corrected chi connectivity index (χ4v) is 2.35. The maximum atomic E-state index is 12.7. The molecule has 0 spiro atoms. The molecule has 28 heavy (non-hydrogen) atoms. The number of pyridine rings is 1. The molecular weight excluding hydrogens is 368 g/mol. The van der Waals surface area contributed by atoms with E-state index in [9.17, 15) is 14.4 Å². The maximum absolute atomic E-state index is 12.7. The van der Waals surface area contributed by atoms with Gasteiger partial charge in [-0.2, -0.15) is 4.79 Å². The molecule has 0 unspecified atom stereocenters. The first kappa shape index (κ1) is 22.9. The van der Waals surface area contributed by atoms with Crippen LogP contribution in [0, 0.1) is 0 Å². The van der Waals surface area contributed by atoms with Crippen molar-refractivity contribution in [3.63, 3.8) is 0 Å². The number of amides is 1. The highest BCUT2D eigenvalue weighted by Crippen LogP contribution is 2.26. The van der Waals surface area contributed by atoms with E-state index < -0.39 is 35.9 Å². The largest absolute Gasteiger partial charge is 0.495 e. The molecule has 0 aromatic carbocycles. The van der Waals surface area contributed by atoms with E-state index in [0.29, 0.717) is 11.3 Å². The zero-order chi connectivity index (χ0) is 21.1. The van der Waals surface area contributed by atoms with Crippen LogP contribution in [0.3, 0.4) is 0 Å². The summed E-state index contributed by atoms with van der Waals surface area (Å²) < 4.78 is 15.5. The zero-order valence-corrected chi connectivity index (χ0v) is 16.2. The lowest BCUT2D eigenvalue weighted by molar-refractivity contribution is -0.155. The lowest BCUT2D eigenvalue weighted by Gasteiger charge is -2.22. The van der Waals surface area contributed by atoms with Crippen LogP contribution >= 0.6 is 0 Å². The first-order valence-electron chi connectivity index (χ1n) is 8.55. The van der Waals surface area contributed by atoms with Crippen LogP contribution < -0.4 is 10.1 Å². The Bertz CT molecular complexity index is 745. The van der Waals surface area contributed by atoms with Crippen molar-refractivity contribution < 1.29 is 33.4 Å². The maximum Gasteiger partial charge on any atom is 0.336 e. The molecule has 1 aromatic heterocycles. The summed E-state index contributed by atoms with van der Waals surface area (Å²) in [5.74, 6) is -1.88. The van der Waals surface area contributed by atoms with Gasteiger partial charge >= 0.3 is 5.97 Å². The van der Waals surface area contributed by atoms with Crippen LogP contribution in [0.4, 0.5) is 0 Å². The monoisotopic (exact) mass is 392 g/mol. The van der Waals surface area contributed by atoms with E-state index >= 15 is 0 Å². The molecule has 0 saturated heterocycles. The number of ketones is 1. The number of hydrogen-bond acceptors (Lipinski definition) is 7. The first-order valence-corrected chi connectivity index (χ1v) is 8.55. The fraction of sp³-hybridized carbons (Fsp3) is 0.500. The SMILES string of the molecule is COc1cnccc1[C@H](OC)C(=O)N[C@@H](C(=O)CCC=[N+]=[N-])C(=O)OC(C)C.